The molecular formula is C3H9BO4. The first-order valence-electron chi connectivity index (χ1n) is 1.91. The topological polar surface area (TPSA) is 80.9 Å². The lowest BCUT2D eigenvalue weighted by Gasteiger charge is -1.69. The van der Waals surface area contributed by atoms with E-state index in [2.05, 4.69) is 6.58 Å². The molecule has 0 fully saturated rings. The smallest absolute Gasteiger partial charge is 0.402 e. The Balaban J connectivity index is 0. The first kappa shape index (κ1) is 10.6. The Kier molecular flexibility index (Phi) is 13.0. The van der Waals surface area contributed by atoms with E-state index in [0.29, 0.717) is 0 Å². The quantitative estimate of drug-likeness (QED) is 0.241. The van der Waals surface area contributed by atoms with Gasteiger partial charge in [0.15, 0.2) is 0 Å². The molecule has 0 heterocycles. The van der Waals surface area contributed by atoms with Gasteiger partial charge in [0.1, 0.15) is 0 Å². The largest absolute Gasteiger partial charge is 0.631 e. The van der Waals surface area contributed by atoms with Crippen molar-refractivity contribution in [1.82, 2.24) is 0 Å². The molecular weight excluding hydrogens is 111 g/mol. The standard InChI is InChI=1S/C3H6O.BH3O3/c1-2-3-4;2-1(3)4/h2,4H,1,3H2;2-4H. The molecule has 0 amide bonds. The second-order valence-corrected chi connectivity index (χ2v) is 0.818. The van der Waals surface area contributed by atoms with Crippen LogP contribution in [-0.2, 0) is 0 Å². The molecule has 0 bridgehead atoms. The van der Waals surface area contributed by atoms with Gasteiger partial charge in [0.2, 0.25) is 0 Å². The lowest BCUT2D eigenvalue weighted by Crippen LogP contribution is -2.07. The molecule has 0 radical (unpaired) electrons. The van der Waals surface area contributed by atoms with Gasteiger partial charge < -0.3 is 20.2 Å². The van der Waals surface area contributed by atoms with Crippen LogP contribution in [0.1, 0.15) is 0 Å². The molecule has 4 nitrogen and oxygen atoms in total. The summed E-state index contributed by atoms with van der Waals surface area (Å²) >= 11 is 0. The molecule has 48 valence electrons. The lowest BCUT2D eigenvalue weighted by atomic mass is 10.3. The number of aliphatic hydroxyl groups is 1. The van der Waals surface area contributed by atoms with Crippen molar-refractivity contribution in [2.75, 3.05) is 6.61 Å². The summed E-state index contributed by atoms with van der Waals surface area (Å²) < 4.78 is 0. The van der Waals surface area contributed by atoms with Gasteiger partial charge in [0, 0.05) is 0 Å². The van der Waals surface area contributed by atoms with Crippen LogP contribution in [0.5, 0.6) is 0 Å². The Morgan fingerprint density at radius 1 is 1.38 bits per heavy atom. The minimum absolute atomic E-state index is 0.0833. The number of hydrogen-bond acceptors (Lipinski definition) is 4. The number of rotatable bonds is 1. The highest BCUT2D eigenvalue weighted by Gasteiger charge is 1.92. The van der Waals surface area contributed by atoms with Gasteiger partial charge in [-0.15, -0.1) is 6.58 Å². The predicted octanol–water partition coefficient (Wildman–Crippen LogP) is -1.89. The van der Waals surface area contributed by atoms with Gasteiger partial charge in [-0.05, 0) is 0 Å². The van der Waals surface area contributed by atoms with Crippen LogP contribution < -0.4 is 0 Å². The third-order valence-electron chi connectivity index (χ3n) is 0.129. The van der Waals surface area contributed by atoms with Gasteiger partial charge >= 0.3 is 7.32 Å². The van der Waals surface area contributed by atoms with Gasteiger partial charge in [-0.3, -0.25) is 0 Å². The molecule has 0 aromatic heterocycles. The summed E-state index contributed by atoms with van der Waals surface area (Å²) in [5.41, 5.74) is 0. The SMILES string of the molecule is C=CCO.OB(O)O. The zero-order valence-electron chi connectivity index (χ0n) is 4.36. The monoisotopic (exact) mass is 120 g/mol. The van der Waals surface area contributed by atoms with Crippen molar-refractivity contribution < 1.29 is 20.2 Å². The maximum atomic E-state index is 7.76. The molecule has 0 saturated carbocycles. The van der Waals surface area contributed by atoms with E-state index in [1.54, 1.807) is 0 Å². The van der Waals surface area contributed by atoms with E-state index in [4.69, 9.17) is 20.2 Å². The first-order chi connectivity index (χ1) is 3.65. The molecule has 0 aromatic carbocycles. The Labute approximate surface area is 47.9 Å². The maximum absolute atomic E-state index is 7.76. The molecule has 0 atom stereocenters. The van der Waals surface area contributed by atoms with Crippen LogP contribution in [0.4, 0.5) is 0 Å². The summed E-state index contributed by atoms with van der Waals surface area (Å²) in [6, 6.07) is 0. The normalized spacial score (nSPS) is 6.50. The van der Waals surface area contributed by atoms with Crippen molar-refractivity contribution in [2.45, 2.75) is 0 Å². The minimum atomic E-state index is -2.17. The molecule has 0 aliphatic heterocycles. The van der Waals surface area contributed by atoms with Gasteiger partial charge in [0.25, 0.3) is 0 Å². The van der Waals surface area contributed by atoms with E-state index in [9.17, 15) is 0 Å². The van der Waals surface area contributed by atoms with Gasteiger partial charge in [-0.1, -0.05) is 6.08 Å². The van der Waals surface area contributed by atoms with E-state index < -0.39 is 7.32 Å². The van der Waals surface area contributed by atoms with Crippen molar-refractivity contribution in [1.29, 1.82) is 0 Å². The first-order valence-corrected chi connectivity index (χ1v) is 1.91. The highest BCUT2D eigenvalue weighted by atomic mass is 16.5. The summed E-state index contributed by atoms with van der Waals surface area (Å²) in [6.07, 6.45) is 1.43. The maximum Gasteiger partial charge on any atom is 0.631 e. The van der Waals surface area contributed by atoms with E-state index in [1.165, 1.54) is 6.08 Å². The predicted molar refractivity (Wildman–Crippen MR) is 29.7 cm³/mol. The Morgan fingerprint density at radius 2 is 1.50 bits per heavy atom. The fourth-order valence-electron chi connectivity index (χ4n) is 0. The summed E-state index contributed by atoms with van der Waals surface area (Å²) in [4.78, 5) is 0. The van der Waals surface area contributed by atoms with Crippen LogP contribution in [0.3, 0.4) is 0 Å². The van der Waals surface area contributed by atoms with E-state index >= 15 is 0 Å². The zero-order chi connectivity index (χ0) is 6.99. The Morgan fingerprint density at radius 3 is 1.50 bits per heavy atom. The van der Waals surface area contributed by atoms with Gasteiger partial charge in [-0.25, -0.2) is 0 Å². The van der Waals surface area contributed by atoms with Crippen LogP contribution in [-0.4, -0.2) is 34.1 Å². The molecule has 0 aliphatic rings. The molecule has 0 saturated heterocycles. The summed E-state index contributed by atoms with van der Waals surface area (Å²) in [5, 5.41) is 29.3. The summed E-state index contributed by atoms with van der Waals surface area (Å²) in [5.74, 6) is 0. The van der Waals surface area contributed by atoms with Crippen molar-refractivity contribution in [3.05, 3.63) is 12.7 Å². The van der Waals surface area contributed by atoms with Crippen molar-refractivity contribution >= 4 is 7.32 Å². The Bertz CT molecular complexity index is 43.8. The van der Waals surface area contributed by atoms with Crippen LogP contribution >= 0.6 is 0 Å². The van der Waals surface area contributed by atoms with Crippen LogP contribution in [0.2, 0.25) is 0 Å². The highest BCUT2D eigenvalue weighted by molar-refractivity contribution is 6.30. The Hall–Kier alpha value is -0.355. The molecule has 5 heteroatoms. The molecule has 0 spiro atoms. The van der Waals surface area contributed by atoms with Crippen LogP contribution in [0.15, 0.2) is 12.7 Å². The average Bonchev–Trinajstić information content (AvgIpc) is 1.65. The third-order valence-corrected chi connectivity index (χ3v) is 0.129. The molecule has 4 N–H and O–H groups in total. The zero-order valence-corrected chi connectivity index (χ0v) is 4.36. The second-order valence-electron chi connectivity index (χ2n) is 0.818. The molecule has 0 aliphatic carbocycles. The molecule has 8 heavy (non-hydrogen) atoms. The summed E-state index contributed by atoms with van der Waals surface area (Å²) in [7, 11) is -2.17. The fraction of sp³-hybridized carbons (Fsp3) is 0.333. The van der Waals surface area contributed by atoms with Crippen LogP contribution in [0.25, 0.3) is 0 Å². The summed E-state index contributed by atoms with van der Waals surface area (Å²) in [6.45, 7) is 3.31. The van der Waals surface area contributed by atoms with E-state index in [0.717, 1.165) is 0 Å². The van der Waals surface area contributed by atoms with Crippen LogP contribution in [0, 0.1) is 0 Å². The molecule has 0 aromatic rings. The molecule has 0 rings (SSSR count). The van der Waals surface area contributed by atoms with Gasteiger partial charge in [0.05, 0.1) is 6.61 Å². The molecule has 0 unspecified atom stereocenters. The highest BCUT2D eigenvalue weighted by Crippen LogP contribution is 1.46. The second kappa shape index (κ2) is 9.81. The van der Waals surface area contributed by atoms with Crippen molar-refractivity contribution in [3.63, 3.8) is 0 Å². The fourth-order valence-corrected chi connectivity index (χ4v) is 0. The average molecular weight is 120 g/mol. The number of aliphatic hydroxyl groups excluding tert-OH is 1. The van der Waals surface area contributed by atoms with Crippen molar-refractivity contribution in [3.8, 4) is 0 Å². The van der Waals surface area contributed by atoms with E-state index in [-0.39, 0.29) is 6.61 Å². The third kappa shape index (κ3) is 293. The lowest BCUT2D eigenvalue weighted by molar-refractivity contribution is 0.278. The van der Waals surface area contributed by atoms with E-state index in [1.807, 2.05) is 0 Å². The number of hydrogen-bond donors (Lipinski definition) is 4. The van der Waals surface area contributed by atoms with Crippen molar-refractivity contribution in [2.24, 2.45) is 0 Å². The van der Waals surface area contributed by atoms with Gasteiger partial charge in [-0.2, -0.15) is 0 Å². The minimum Gasteiger partial charge on any atom is -0.402 e.